The molecule has 0 aliphatic heterocycles. The minimum Gasteiger partial charge on any atom is -0.481 e. The minimum absolute atomic E-state index is 0.0619. The molecule has 126 valence electrons. The Kier molecular flexibility index (Phi) is 5.19. The molecular formula is C15H15ClF3NO3. The van der Waals surface area contributed by atoms with E-state index in [1.165, 1.54) is 24.3 Å². The normalized spacial score (nSPS) is 22.6. The van der Waals surface area contributed by atoms with Crippen molar-refractivity contribution < 1.29 is 27.9 Å². The predicted molar refractivity (Wildman–Crippen MR) is 76.9 cm³/mol. The van der Waals surface area contributed by atoms with Gasteiger partial charge in [0.1, 0.15) is 0 Å². The van der Waals surface area contributed by atoms with Gasteiger partial charge in [0.2, 0.25) is 5.91 Å². The van der Waals surface area contributed by atoms with Gasteiger partial charge in [-0.1, -0.05) is 23.7 Å². The topological polar surface area (TPSA) is 66.4 Å². The van der Waals surface area contributed by atoms with E-state index in [4.69, 9.17) is 16.7 Å². The van der Waals surface area contributed by atoms with Crippen molar-refractivity contribution >= 4 is 23.5 Å². The first-order valence-corrected chi connectivity index (χ1v) is 7.41. The third-order valence-electron chi connectivity index (χ3n) is 3.97. The lowest BCUT2D eigenvalue weighted by Crippen LogP contribution is -2.40. The molecule has 1 aliphatic carbocycles. The van der Waals surface area contributed by atoms with E-state index < -0.39 is 35.9 Å². The maximum absolute atomic E-state index is 13.2. The van der Waals surface area contributed by atoms with Crippen molar-refractivity contribution in [1.29, 1.82) is 0 Å². The highest BCUT2D eigenvalue weighted by molar-refractivity contribution is 6.30. The number of hydrogen-bond donors (Lipinski definition) is 2. The number of alkyl halides is 3. The smallest absolute Gasteiger partial charge is 0.412 e. The number of aliphatic carboxylic acids is 1. The standard InChI is InChI=1S/C15H15ClF3NO3/c16-11-5-3-8(4-6-11)12(15(17,18)19)20-13(21)9-1-2-10(7-9)14(22)23/h3-6,9-10,12H,1-2,7H2,(H,20,21)(H,22,23)/t9-,10+,12?/m0/s1. The number of carbonyl (C=O) groups excluding carboxylic acids is 1. The highest BCUT2D eigenvalue weighted by Crippen LogP contribution is 2.36. The Bertz CT molecular complexity index is 589. The monoisotopic (exact) mass is 349 g/mol. The SMILES string of the molecule is O=C(O)[C@@H]1CC[C@H](C(=O)NC(c2ccc(Cl)cc2)C(F)(F)F)C1. The second-order valence-electron chi connectivity index (χ2n) is 5.58. The van der Waals surface area contributed by atoms with Gasteiger partial charge in [0, 0.05) is 10.9 Å². The van der Waals surface area contributed by atoms with Crippen LogP contribution in [-0.4, -0.2) is 23.2 Å². The molecule has 0 bridgehead atoms. The van der Waals surface area contributed by atoms with Gasteiger partial charge in [-0.05, 0) is 37.0 Å². The molecule has 1 aliphatic rings. The van der Waals surface area contributed by atoms with Gasteiger partial charge in [0.05, 0.1) is 5.92 Å². The fraction of sp³-hybridized carbons (Fsp3) is 0.467. The number of amides is 1. The van der Waals surface area contributed by atoms with E-state index in [1.807, 2.05) is 5.32 Å². The fourth-order valence-corrected chi connectivity index (χ4v) is 2.84. The van der Waals surface area contributed by atoms with Crippen LogP contribution in [0.4, 0.5) is 13.2 Å². The second-order valence-corrected chi connectivity index (χ2v) is 6.02. The van der Waals surface area contributed by atoms with Crippen LogP contribution < -0.4 is 5.32 Å². The zero-order valence-corrected chi connectivity index (χ0v) is 12.7. The van der Waals surface area contributed by atoms with Crippen molar-refractivity contribution in [1.82, 2.24) is 5.32 Å². The molecule has 1 amide bonds. The lowest BCUT2D eigenvalue weighted by Gasteiger charge is -2.23. The van der Waals surface area contributed by atoms with Crippen molar-refractivity contribution in [2.75, 3.05) is 0 Å². The van der Waals surface area contributed by atoms with Gasteiger partial charge in [0.25, 0.3) is 0 Å². The van der Waals surface area contributed by atoms with Gasteiger partial charge in [-0.3, -0.25) is 9.59 Å². The summed E-state index contributed by atoms with van der Waals surface area (Å²) in [7, 11) is 0. The van der Waals surface area contributed by atoms with E-state index in [2.05, 4.69) is 0 Å². The van der Waals surface area contributed by atoms with Crippen LogP contribution in [0.2, 0.25) is 5.02 Å². The number of carboxylic acids is 1. The first-order chi connectivity index (χ1) is 10.7. The van der Waals surface area contributed by atoms with Crippen LogP contribution in [0.3, 0.4) is 0 Å². The van der Waals surface area contributed by atoms with E-state index in [1.54, 1.807) is 0 Å². The number of carbonyl (C=O) groups is 2. The van der Waals surface area contributed by atoms with E-state index in [0.717, 1.165) is 0 Å². The van der Waals surface area contributed by atoms with Crippen molar-refractivity contribution in [3.63, 3.8) is 0 Å². The molecule has 2 rings (SSSR count). The van der Waals surface area contributed by atoms with Crippen LogP contribution in [0.15, 0.2) is 24.3 Å². The molecule has 4 nitrogen and oxygen atoms in total. The van der Waals surface area contributed by atoms with Crippen LogP contribution in [0.1, 0.15) is 30.9 Å². The van der Waals surface area contributed by atoms with Crippen LogP contribution in [0.5, 0.6) is 0 Å². The number of carboxylic acid groups (broad SMARTS) is 1. The summed E-state index contributed by atoms with van der Waals surface area (Å²) in [5.41, 5.74) is -0.122. The average molecular weight is 350 g/mol. The van der Waals surface area contributed by atoms with Crippen LogP contribution in [0, 0.1) is 11.8 Å². The summed E-state index contributed by atoms with van der Waals surface area (Å²) in [6.45, 7) is 0. The lowest BCUT2D eigenvalue weighted by molar-refractivity contribution is -0.164. The van der Waals surface area contributed by atoms with Gasteiger partial charge in [-0.2, -0.15) is 13.2 Å². The maximum atomic E-state index is 13.2. The molecule has 0 radical (unpaired) electrons. The molecule has 1 saturated carbocycles. The number of hydrogen-bond acceptors (Lipinski definition) is 2. The average Bonchev–Trinajstić information content (AvgIpc) is 2.94. The van der Waals surface area contributed by atoms with Crippen LogP contribution in [-0.2, 0) is 9.59 Å². The molecule has 3 atom stereocenters. The number of rotatable bonds is 4. The molecule has 0 aromatic heterocycles. The highest BCUT2D eigenvalue weighted by Gasteiger charge is 2.43. The molecular weight excluding hydrogens is 335 g/mol. The van der Waals surface area contributed by atoms with Crippen molar-refractivity contribution in [2.45, 2.75) is 31.5 Å². The number of halogens is 4. The van der Waals surface area contributed by atoms with E-state index in [0.29, 0.717) is 11.4 Å². The lowest BCUT2D eigenvalue weighted by atomic mass is 10.0. The van der Waals surface area contributed by atoms with Crippen molar-refractivity contribution in [2.24, 2.45) is 11.8 Å². The third-order valence-corrected chi connectivity index (χ3v) is 4.22. The summed E-state index contributed by atoms with van der Waals surface area (Å²) in [6.07, 6.45) is -4.03. The molecule has 0 spiro atoms. The zero-order valence-electron chi connectivity index (χ0n) is 11.9. The van der Waals surface area contributed by atoms with E-state index >= 15 is 0 Å². The molecule has 0 saturated heterocycles. The zero-order chi connectivity index (χ0) is 17.2. The minimum atomic E-state index is -4.66. The molecule has 1 fully saturated rings. The molecule has 23 heavy (non-hydrogen) atoms. The summed E-state index contributed by atoms with van der Waals surface area (Å²) < 4.78 is 39.7. The van der Waals surface area contributed by atoms with Gasteiger partial charge >= 0.3 is 12.1 Å². The molecule has 1 aromatic rings. The van der Waals surface area contributed by atoms with Crippen LogP contribution in [0.25, 0.3) is 0 Å². The Morgan fingerprint density at radius 2 is 1.74 bits per heavy atom. The van der Waals surface area contributed by atoms with E-state index in [-0.39, 0.29) is 18.4 Å². The molecule has 8 heteroatoms. The Morgan fingerprint density at radius 1 is 1.17 bits per heavy atom. The van der Waals surface area contributed by atoms with Gasteiger partial charge in [-0.15, -0.1) is 0 Å². The third kappa shape index (κ3) is 4.37. The summed E-state index contributed by atoms with van der Waals surface area (Å²) in [6, 6.07) is 2.90. The number of nitrogens with one attached hydrogen (secondary N) is 1. The molecule has 2 N–H and O–H groups in total. The summed E-state index contributed by atoms with van der Waals surface area (Å²) in [5, 5.41) is 11.2. The Hall–Kier alpha value is -1.76. The summed E-state index contributed by atoms with van der Waals surface area (Å²) in [5.74, 6) is -3.18. The molecule has 0 heterocycles. The first kappa shape index (κ1) is 17.6. The van der Waals surface area contributed by atoms with Crippen molar-refractivity contribution in [3.8, 4) is 0 Å². The quantitative estimate of drug-likeness (QED) is 0.873. The predicted octanol–water partition coefficient (Wildman–Crippen LogP) is 3.56. The van der Waals surface area contributed by atoms with E-state index in [9.17, 15) is 22.8 Å². The first-order valence-electron chi connectivity index (χ1n) is 7.04. The Balaban J connectivity index is 2.11. The van der Waals surface area contributed by atoms with Crippen LogP contribution >= 0.6 is 11.6 Å². The maximum Gasteiger partial charge on any atom is 0.412 e. The second kappa shape index (κ2) is 6.78. The fourth-order valence-electron chi connectivity index (χ4n) is 2.71. The summed E-state index contributed by atoms with van der Waals surface area (Å²) >= 11 is 5.66. The molecule has 1 aromatic carbocycles. The van der Waals surface area contributed by atoms with Gasteiger partial charge < -0.3 is 10.4 Å². The largest absolute Gasteiger partial charge is 0.481 e. The van der Waals surface area contributed by atoms with Gasteiger partial charge in [-0.25, -0.2) is 0 Å². The Morgan fingerprint density at radius 3 is 2.22 bits per heavy atom. The highest BCUT2D eigenvalue weighted by atomic mass is 35.5. The molecule has 1 unspecified atom stereocenters. The summed E-state index contributed by atoms with van der Waals surface area (Å²) in [4.78, 5) is 23.0. The van der Waals surface area contributed by atoms with Gasteiger partial charge in [0.15, 0.2) is 6.04 Å². The van der Waals surface area contributed by atoms with Crippen molar-refractivity contribution in [3.05, 3.63) is 34.9 Å². The number of benzene rings is 1. The Labute approximate surface area is 135 Å².